The lowest BCUT2D eigenvalue weighted by molar-refractivity contribution is -0.170. The minimum Gasteiger partial charge on any atom is -0.294 e. The van der Waals surface area contributed by atoms with Gasteiger partial charge >= 0.3 is 6.18 Å². The maximum Gasteiger partial charge on any atom is 0.450 e. The minimum absolute atomic E-state index is 0.247. The molecule has 0 saturated heterocycles. The van der Waals surface area contributed by atoms with Gasteiger partial charge in [-0.3, -0.25) is 9.59 Å². The molecule has 0 aliphatic rings. The van der Waals surface area contributed by atoms with Crippen molar-refractivity contribution in [2.24, 2.45) is 0 Å². The van der Waals surface area contributed by atoms with Gasteiger partial charge in [0.2, 0.25) is 5.78 Å². The van der Waals surface area contributed by atoms with Crippen LogP contribution in [0.2, 0.25) is 0 Å². The molecule has 0 aromatic heterocycles. The molecule has 1 rings (SSSR count). The maximum absolute atomic E-state index is 13.3. The summed E-state index contributed by atoms with van der Waals surface area (Å²) in [7, 11) is 0. The number of benzene rings is 1. The molecule has 0 N–H and O–H groups in total. The average molecular weight is 280 g/mol. The Morgan fingerprint density at radius 2 is 1.89 bits per heavy atom. The number of hydrogen-bond acceptors (Lipinski definition) is 3. The Labute approximate surface area is 104 Å². The Morgan fingerprint density at radius 1 is 1.28 bits per heavy atom. The highest BCUT2D eigenvalue weighted by Gasteiger charge is 2.39. The van der Waals surface area contributed by atoms with Crippen LogP contribution in [-0.4, -0.2) is 24.0 Å². The maximum atomic E-state index is 13.3. The molecule has 0 amide bonds. The molecule has 0 radical (unpaired) electrons. The zero-order valence-electron chi connectivity index (χ0n) is 9.18. The largest absolute Gasteiger partial charge is 0.450 e. The molecule has 0 heterocycles. The molecule has 98 valence electrons. The molecular formula is C11H8F4O2S. The molecular weight excluding hydrogens is 272 g/mol. The van der Waals surface area contributed by atoms with Gasteiger partial charge < -0.3 is 0 Å². The molecule has 0 fully saturated rings. The van der Waals surface area contributed by atoms with Crippen LogP contribution >= 0.6 is 11.8 Å². The van der Waals surface area contributed by atoms with Crippen molar-refractivity contribution in [2.75, 3.05) is 6.26 Å². The Kier molecular flexibility index (Phi) is 4.50. The fourth-order valence-electron chi connectivity index (χ4n) is 1.19. The van der Waals surface area contributed by atoms with Crippen LogP contribution < -0.4 is 0 Å². The van der Waals surface area contributed by atoms with E-state index < -0.39 is 30.0 Å². The zero-order valence-corrected chi connectivity index (χ0v) is 9.99. The fraction of sp³-hybridized carbons (Fsp3) is 0.273. The second-order valence-electron chi connectivity index (χ2n) is 3.37. The number of carbonyl (C=O) groups is 2. The highest BCUT2D eigenvalue weighted by Crippen LogP contribution is 2.22. The van der Waals surface area contributed by atoms with Gasteiger partial charge in [-0.1, -0.05) is 6.07 Å². The third-order valence-corrected chi connectivity index (χ3v) is 2.88. The number of halogens is 4. The predicted molar refractivity (Wildman–Crippen MR) is 58.2 cm³/mol. The summed E-state index contributed by atoms with van der Waals surface area (Å²) in [6.45, 7) is 0. The Hall–Kier alpha value is -1.37. The van der Waals surface area contributed by atoms with Gasteiger partial charge in [-0.25, -0.2) is 4.39 Å². The molecule has 0 bridgehead atoms. The van der Waals surface area contributed by atoms with Crippen LogP contribution in [0.25, 0.3) is 0 Å². The van der Waals surface area contributed by atoms with Crippen LogP contribution in [0.1, 0.15) is 16.8 Å². The molecule has 0 aliphatic carbocycles. The molecule has 0 saturated carbocycles. The first kappa shape index (κ1) is 14.7. The van der Waals surface area contributed by atoms with Crippen molar-refractivity contribution in [3.63, 3.8) is 0 Å². The molecule has 18 heavy (non-hydrogen) atoms. The number of Topliss-reactive ketones (excluding diaryl/α,β-unsaturated/α-hetero) is 2. The molecule has 0 atom stereocenters. The molecule has 0 aliphatic heterocycles. The first-order valence-corrected chi connectivity index (χ1v) is 5.95. The second kappa shape index (κ2) is 5.51. The molecule has 2 nitrogen and oxygen atoms in total. The summed E-state index contributed by atoms with van der Waals surface area (Å²) < 4.78 is 49.1. The van der Waals surface area contributed by atoms with Gasteiger partial charge in [0.1, 0.15) is 5.82 Å². The van der Waals surface area contributed by atoms with Gasteiger partial charge in [0.15, 0.2) is 5.78 Å². The lowest BCUT2D eigenvalue weighted by atomic mass is 10.1. The predicted octanol–water partition coefficient (Wildman–Crippen LogP) is 3.25. The molecule has 1 aromatic rings. The van der Waals surface area contributed by atoms with Crippen LogP contribution in [-0.2, 0) is 4.79 Å². The molecule has 1 aromatic carbocycles. The zero-order chi connectivity index (χ0) is 13.9. The number of thioether (sulfide) groups is 1. The lowest BCUT2D eigenvalue weighted by Crippen LogP contribution is -2.25. The topological polar surface area (TPSA) is 34.1 Å². The van der Waals surface area contributed by atoms with E-state index in [0.29, 0.717) is 0 Å². The van der Waals surface area contributed by atoms with Crippen molar-refractivity contribution in [1.82, 2.24) is 0 Å². The highest BCUT2D eigenvalue weighted by molar-refractivity contribution is 7.98. The highest BCUT2D eigenvalue weighted by atomic mass is 32.2. The van der Waals surface area contributed by atoms with E-state index in [0.717, 1.165) is 17.8 Å². The first-order valence-electron chi connectivity index (χ1n) is 4.72. The quantitative estimate of drug-likeness (QED) is 0.367. The summed E-state index contributed by atoms with van der Waals surface area (Å²) in [6, 6.07) is 3.31. The first-order chi connectivity index (χ1) is 8.25. The lowest BCUT2D eigenvalue weighted by Gasteiger charge is -2.05. The molecule has 0 unspecified atom stereocenters. The van der Waals surface area contributed by atoms with Gasteiger partial charge in [0, 0.05) is 10.5 Å². The van der Waals surface area contributed by atoms with Crippen molar-refractivity contribution >= 4 is 23.3 Å². The van der Waals surface area contributed by atoms with Crippen LogP contribution in [0.4, 0.5) is 17.6 Å². The summed E-state index contributed by atoms with van der Waals surface area (Å²) in [5, 5.41) is 0. The average Bonchev–Trinajstić information content (AvgIpc) is 2.27. The van der Waals surface area contributed by atoms with E-state index in [4.69, 9.17) is 0 Å². The van der Waals surface area contributed by atoms with E-state index in [1.54, 1.807) is 6.26 Å². The van der Waals surface area contributed by atoms with Crippen LogP contribution in [0.3, 0.4) is 0 Å². The van der Waals surface area contributed by atoms with Crippen LogP contribution in [0, 0.1) is 5.82 Å². The standard InChI is InChI=1S/C11H8F4O2S/c1-18-9-3-2-6(4-7(9)12)8(16)5-10(17)11(13,14)15/h2-4H,5H2,1H3. The molecule has 0 spiro atoms. The van der Waals surface area contributed by atoms with E-state index >= 15 is 0 Å². The Bertz CT molecular complexity index is 482. The third-order valence-electron chi connectivity index (χ3n) is 2.11. The van der Waals surface area contributed by atoms with Gasteiger partial charge in [-0.05, 0) is 18.4 Å². The summed E-state index contributed by atoms with van der Waals surface area (Å²) in [6.07, 6.45) is -4.73. The molecule has 7 heteroatoms. The van der Waals surface area contributed by atoms with Crippen molar-refractivity contribution in [1.29, 1.82) is 0 Å². The summed E-state index contributed by atoms with van der Waals surface area (Å²) in [5.74, 6) is -3.89. The van der Waals surface area contributed by atoms with Crippen LogP contribution in [0.15, 0.2) is 23.1 Å². The summed E-state index contributed by atoms with van der Waals surface area (Å²) >= 11 is 1.10. The van der Waals surface area contributed by atoms with E-state index in [1.807, 2.05) is 0 Å². The van der Waals surface area contributed by atoms with E-state index in [-0.39, 0.29) is 10.5 Å². The van der Waals surface area contributed by atoms with Crippen molar-refractivity contribution in [3.8, 4) is 0 Å². The number of rotatable bonds is 4. The van der Waals surface area contributed by atoms with E-state index in [9.17, 15) is 27.2 Å². The van der Waals surface area contributed by atoms with E-state index in [2.05, 4.69) is 0 Å². The number of alkyl halides is 3. The van der Waals surface area contributed by atoms with Gasteiger partial charge in [-0.2, -0.15) is 13.2 Å². The van der Waals surface area contributed by atoms with Crippen LogP contribution in [0.5, 0.6) is 0 Å². The third kappa shape index (κ3) is 3.56. The monoisotopic (exact) mass is 280 g/mol. The smallest absolute Gasteiger partial charge is 0.294 e. The number of carbonyl (C=O) groups excluding carboxylic acids is 2. The SMILES string of the molecule is CSc1ccc(C(=O)CC(=O)C(F)(F)F)cc1F. The Morgan fingerprint density at radius 3 is 2.33 bits per heavy atom. The summed E-state index contributed by atoms with van der Waals surface area (Å²) in [4.78, 5) is 22.2. The summed E-state index contributed by atoms with van der Waals surface area (Å²) in [5.41, 5.74) is -0.247. The van der Waals surface area contributed by atoms with Crippen molar-refractivity contribution in [3.05, 3.63) is 29.6 Å². The minimum atomic E-state index is -5.05. The second-order valence-corrected chi connectivity index (χ2v) is 4.22. The normalized spacial score (nSPS) is 11.4. The van der Waals surface area contributed by atoms with E-state index in [1.165, 1.54) is 12.1 Å². The van der Waals surface area contributed by atoms with Crippen molar-refractivity contribution in [2.45, 2.75) is 17.5 Å². The fourth-order valence-corrected chi connectivity index (χ4v) is 1.65. The van der Waals surface area contributed by atoms with Gasteiger partial charge in [0.25, 0.3) is 0 Å². The van der Waals surface area contributed by atoms with Gasteiger partial charge in [0.05, 0.1) is 6.42 Å². The van der Waals surface area contributed by atoms with Crippen molar-refractivity contribution < 1.29 is 27.2 Å². The number of ketones is 2. The number of hydrogen-bond donors (Lipinski definition) is 0. The Balaban J connectivity index is 2.86. The van der Waals surface area contributed by atoms with Gasteiger partial charge in [-0.15, -0.1) is 11.8 Å².